The third-order valence-electron chi connectivity index (χ3n) is 8.61. The summed E-state index contributed by atoms with van der Waals surface area (Å²) in [5.74, 6) is 0. The summed E-state index contributed by atoms with van der Waals surface area (Å²) in [6, 6.07) is 0. The smallest absolute Gasteiger partial charge is 0.129 e. The summed E-state index contributed by atoms with van der Waals surface area (Å²) in [7, 11) is 2.13. The van der Waals surface area contributed by atoms with Crippen LogP contribution in [0, 0.1) is 0 Å². The number of ether oxygens (including phenoxy) is 2. The van der Waals surface area contributed by atoms with Crippen LogP contribution in [-0.4, -0.2) is 39.5 Å². The highest BCUT2D eigenvalue weighted by atomic mass is 16.5. The Kier molecular flexibility index (Phi) is 38.8. The fourth-order valence-electron chi connectivity index (χ4n) is 5.71. The normalized spacial score (nSPS) is 12.7. The minimum absolute atomic E-state index is 0.238. The maximum Gasteiger partial charge on any atom is 0.129 e. The third-order valence-corrected chi connectivity index (χ3v) is 8.61. The number of rotatable bonds is 37. The van der Waals surface area contributed by atoms with Crippen molar-refractivity contribution in [2.75, 3.05) is 33.4 Å². The van der Waals surface area contributed by atoms with E-state index < -0.39 is 0 Å². The first-order valence-corrected chi connectivity index (χ1v) is 19.6. The van der Waals surface area contributed by atoms with E-state index in [2.05, 4.69) is 50.5 Å². The topological polar surface area (TPSA) is 35.1 Å². The molecule has 2 N–H and O–H groups in total. The van der Waals surface area contributed by atoms with E-state index >= 15 is 0 Å². The van der Waals surface area contributed by atoms with Crippen molar-refractivity contribution in [3.05, 3.63) is 24.3 Å². The number of hydrogen-bond acceptors (Lipinski definition) is 2. The Bertz CT molecular complexity index is 547. The molecule has 1 unspecified atom stereocenters. The second kappa shape index (κ2) is 39.4. The Morgan fingerprint density at radius 3 is 1.19 bits per heavy atom. The molecule has 0 aromatic carbocycles. The average molecular weight is 607 g/mol. The molecule has 0 aliphatic carbocycles. The van der Waals surface area contributed by atoms with Crippen LogP contribution >= 0.6 is 0 Å². The van der Waals surface area contributed by atoms with Crippen LogP contribution in [0.25, 0.3) is 0 Å². The van der Waals surface area contributed by atoms with Gasteiger partial charge in [-0.2, -0.15) is 0 Å². The van der Waals surface area contributed by atoms with Crippen molar-refractivity contribution in [1.82, 2.24) is 0 Å². The highest BCUT2D eigenvalue weighted by Crippen LogP contribution is 2.12. The molecule has 0 heterocycles. The number of likely N-dealkylation sites (N-methyl/N-ethyl adjacent to an activating group) is 1. The molecule has 0 spiro atoms. The zero-order valence-corrected chi connectivity index (χ0v) is 29.9. The van der Waals surface area contributed by atoms with Gasteiger partial charge in [0.15, 0.2) is 0 Å². The molecule has 0 aromatic heterocycles. The lowest BCUT2D eigenvalue weighted by molar-refractivity contribution is -0.634. The highest BCUT2D eigenvalue weighted by molar-refractivity contribution is 4.82. The monoisotopic (exact) mass is 607 g/mol. The van der Waals surface area contributed by atoms with Gasteiger partial charge >= 0.3 is 0 Å². The molecule has 256 valence electrons. The number of quaternary nitrogens is 1. The Hall–Kier alpha value is -0.640. The molecule has 3 nitrogen and oxygen atoms in total. The standard InChI is InChI=1S/C40H79NO2/c1-4-6-8-10-12-14-16-18-20-22-24-26-28-30-32-34-36-42-39-40(38-41-3)43-37-35-33-31-29-27-25-23-21-19-17-15-13-11-9-7-5-2/h18-21,40-41H,4-17,22-39H2,1-3H3/p+1/b20-18-,21-19-. The SMILES string of the molecule is CCCCCCCC/C=C\CCCCCCCCOCC(C[NH2+]C)OCCCCCCCC/C=C\CCCCCCCC. The number of hydrogen-bond donors (Lipinski definition) is 1. The first-order valence-electron chi connectivity index (χ1n) is 19.6. The van der Waals surface area contributed by atoms with Gasteiger partial charge in [0.1, 0.15) is 12.6 Å². The lowest BCUT2D eigenvalue weighted by Gasteiger charge is -2.16. The predicted molar refractivity (Wildman–Crippen MR) is 192 cm³/mol. The first kappa shape index (κ1) is 42.4. The molecule has 3 heteroatoms. The molecule has 0 rings (SSSR count). The summed E-state index contributed by atoms with van der Waals surface area (Å²) in [5.41, 5.74) is 0. The lowest BCUT2D eigenvalue weighted by atomic mass is 10.1. The van der Waals surface area contributed by atoms with Crippen LogP contribution in [0.15, 0.2) is 24.3 Å². The molecule has 0 aliphatic rings. The first-order chi connectivity index (χ1) is 21.3. The molecule has 43 heavy (non-hydrogen) atoms. The maximum atomic E-state index is 6.16. The largest absolute Gasteiger partial charge is 0.379 e. The van der Waals surface area contributed by atoms with E-state index in [1.165, 1.54) is 180 Å². The number of unbranched alkanes of at least 4 members (excludes halogenated alkanes) is 24. The zero-order chi connectivity index (χ0) is 31.2. The van der Waals surface area contributed by atoms with E-state index in [4.69, 9.17) is 9.47 Å². The van der Waals surface area contributed by atoms with E-state index in [1.54, 1.807) is 0 Å². The summed E-state index contributed by atoms with van der Waals surface area (Å²) >= 11 is 0. The zero-order valence-electron chi connectivity index (χ0n) is 29.9. The summed E-state index contributed by atoms with van der Waals surface area (Å²) < 4.78 is 12.2. The van der Waals surface area contributed by atoms with Gasteiger partial charge < -0.3 is 14.8 Å². The molecule has 0 amide bonds. The molecule has 0 radical (unpaired) electrons. The Morgan fingerprint density at radius 1 is 0.442 bits per heavy atom. The average Bonchev–Trinajstić information content (AvgIpc) is 3.01. The third kappa shape index (κ3) is 37.5. The molecule has 0 bridgehead atoms. The highest BCUT2D eigenvalue weighted by Gasteiger charge is 2.10. The molecule has 0 aromatic rings. The quantitative estimate of drug-likeness (QED) is 0.0564. The van der Waals surface area contributed by atoms with Crippen LogP contribution in [0.5, 0.6) is 0 Å². The van der Waals surface area contributed by atoms with Crippen molar-refractivity contribution in [2.24, 2.45) is 0 Å². The van der Waals surface area contributed by atoms with E-state index in [0.717, 1.165) is 26.4 Å². The number of nitrogens with two attached hydrogens (primary N) is 1. The minimum atomic E-state index is 0.238. The molecule has 0 fully saturated rings. The molecule has 0 saturated carbocycles. The maximum absolute atomic E-state index is 6.16. The van der Waals surface area contributed by atoms with Crippen LogP contribution in [0.2, 0.25) is 0 Å². The summed E-state index contributed by atoms with van der Waals surface area (Å²) in [4.78, 5) is 0. The Balaban J connectivity index is 3.42. The van der Waals surface area contributed by atoms with Crippen LogP contribution in [0.3, 0.4) is 0 Å². The molecular formula is C40H80NO2+. The fraction of sp³-hybridized carbons (Fsp3) is 0.900. The molecule has 0 saturated heterocycles. The van der Waals surface area contributed by atoms with Crippen LogP contribution in [0.4, 0.5) is 0 Å². The van der Waals surface area contributed by atoms with Crippen LogP contribution in [0.1, 0.15) is 194 Å². The second-order valence-corrected chi connectivity index (χ2v) is 13.1. The summed E-state index contributed by atoms with van der Waals surface area (Å²) in [6.45, 7) is 8.10. The van der Waals surface area contributed by atoms with Gasteiger partial charge in [-0.15, -0.1) is 0 Å². The predicted octanol–water partition coefficient (Wildman–Crippen LogP) is 11.7. The van der Waals surface area contributed by atoms with Crippen molar-refractivity contribution >= 4 is 0 Å². The second-order valence-electron chi connectivity index (χ2n) is 13.1. The van der Waals surface area contributed by atoms with E-state index in [0.29, 0.717) is 0 Å². The van der Waals surface area contributed by atoms with Crippen LogP contribution in [-0.2, 0) is 9.47 Å². The molecular weight excluding hydrogens is 526 g/mol. The van der Waals surface area contributed by atoms with Crippen molar-refractivity contribution in [2.45, 2.75) is 200 Å². The lowest BCUT2D eigenvalue weighted by Crippen LogP contribution is -2.82. The van der Waals surface area contributed by atoms with E-state index in [9.17, 15) is 0 Å². The van der Waals surface area contributed by atoms with Crippen molar-refractivity contribution in [3.8, 4) is 0 Å². The van der Waals surface area contributed by atoms with Crippen molar-refractivity contribution in [1.29, 1.82) is 0 Å². The molecule has 0 aliphatic heterocycles. The van der Waals surface area contributed by atoms with Gasteiger partial charge in [-0.1, -0.05) is 154 Å². The van der Waals surface area contributed by atoms with Gasteiger partial charge in [-0.25, -0.2) is 0 Å². The Labute approximate surface area is 271 Å². The van der Waals surface area contributed by atoms with Crippen molar-refractivity contribution < 1.29 is 14.8 Å². The van der Waals surface area contributed by atoms with Gasteiger partial charge in [0.25, 0.3) is 0 Å². The number of allylic oxidation sites excluding steroid dienone is 4. The van der Waals surface area contributed by atoms with Gasteiger partial charge in [-0.05, 0) is 64.2 Å². The summed E-state index contributed by atoms with van der Waals surface area (Å²) in [5, 5.41) is 2.22. The van der Waals surface area contributed by atoms with E-state index in [1.807, 2.05) is 0 Å². The van der Waals surface area contributed by atoms with Gasteiger partial charge in [0.05, 0.1) is 13.7 Å². The van der Waals surface area contributed by atoms with Gasteiger partial charge in [0, 0.05) is 13.2 Å². The van der Waals surface area contributed by atoms with Crippen molar-refractivity contribution in [3.63, 3.8) is 0 Å². The van der Waals surface area contributed by atoms with Gasteiger partial charge in [0.2, 0.25) is 0 Å². The van der Waals surface area contributed by atoms with E-state index in [-0.39, 0.29) is 6.10 Å². The fourth-order valence-corrected chi connectivity index (χ4v) is 5.71. The molecule has 1 atom stereocenters. The summed E-state index contributed by atoms with van der Waals surface area (Å²) in [6.07, 6.45) is 47.7. The van der Waals surface area contributed by atoms with Gasteiger partial charge in [-0.3, -0.25) is 0 Å². The Morgan fingerprint density at radius 2 is 0.791 bits per heavy atom. The minimum Gasteiger partial charge on any atom is -0.379 e. The van der Waals surface area contributed by atoms with Crippen LogP contribution < -0.4 is 5.32 Å².